The number of aryl methyl sites for hydroxylation is 1. The molecular formula is C28H36Cl2F2N4OS-2. The zero-order chi connectivity index (χ0) is 24.9. The fourth-order valence-corrected chi connectivity index (χ4v) is 8.63. The first-order valence-electron chi connectivity index (χ1n) is 13.5. The van der Waals surface area contributed by atoms with Gasteiger partial charge in [0.25, 0.3) is 0 Å². The summed E-state index contributed by atoms with van der Waals surface area (Å²) < 4.78 is 29.2. The molecule has 38 heavy (non-hydrogen) atoms. The van der Waals surface area contributed by atoms with Crippen molar-refractivity contribution in [1.29, 1.82) is 0 Å². The number of thiazole rings is 1. The summed E-state index contributed by atoms with van der Waals surface area (Å²) in [4.78, 5) is 22.4. The first-order chi connectivity index (χ1) is 17.4. The Morgan fingerprint density at radius 2 is 1.89 bits per heavy atom. The number of carbonyl (C=O) groups is 1. The average Bonchev–Trinajstić information content (AvgIpc) is 3.47. The van der Waals surface area contributed by atoms with E-state index in [4.69, 9.17) is 4.98 Å². The maximum atomic E-state index is 14.6. The Labute approximate surface area is 240 Å². The molecule has 1 aromatic carbocycles. The highest BCUT2D eigenvalue weighted by atomic mass is 35.5. The normalized spacial score (nSPS) is 32.2. The summed E-state index contributed by atoms with van der Waals surface area (Å²) in [6.45, 7) is 5.53. The van der Waals surface area contributed by atoms with Gasteiger partial charge >= 0.3 is 0 Å². The summed E-state index contributed by atoms with van der Waals surface area (Å²) in [5.74, 6) is -2.54. The molecule has 4 heterocycles. The SMILES string of the molecule is Cc1nc2c(s1)[C@]1(CNC2)CNC[C@H]1C(=O)N1CC[C@@H](c2ccccc2)C[C@H]1C1CCCC(F)(F)C1.[Cl-].[Cl-]. The van der Waals surface area contributed by atoms with Crippen molar-refractivity contribution in [3.63, 3.8) is 0 Å². The van der Waals surface area contributed by atoms with Crippen LogP contribution in [0.15, 0.2) is 30.3 Å². The largest absolute Gasteiger partial charge is 1.00 e. The number of alkyl halides is 2. The third kappa shape index (κ3) is 5.36. The number of aromatic nitrogens is 1. The fraction of sp³-hybridized carbons (Fsp3) is 0.643. The second-order valence-corrected chi connectivity index (χ2v) is 12.6. The van der Waals surface area contributed by atoms with Crippen LogP contribution in [-0.4, -0.2) is 53.9 Å². The number of carbonyl (C=O) groups excluding carboxylic acids is 1. The van der Waals surface area contributed by atoms with Gasteiger partial charge in [-0.2, -0.15) is 0 Å². The molecular weight excluding hydrogens is 549 g/mol. The molecule has 1 unspecified atom stereocenters. The van der Waals surface area contributed by atoms with Gasteiger partial charge in [-0.05, 0) is 50.0 Å². The molecule has 1 amide bonds. The summed E-state index contributed by atoms with van der Waals surface area (Å²) in [6.07, 6.45) is 2.84. The first-order valence-corrected chi connectivity index (χ1v) is 14.3. The van der Waals surface area contributed by atoms with Crippen LogP contribution in [0, 0.1) is 18.8 Å². The molecule has 2 N–H and O–H groups in total. The van der Waals surface area contributed by atoms with E-state index in [1.54, 1.807) is 11.3 Å². The number of halogens is 4. The lowest BCUT2D eigenvalue weighted by Gasteiger charge is -2.48. The Balaban J connectivity index is 0.00000168. The number of benzene rings is 1. The Hall–Kier alpha value is -1.32. The van der Waals surface area contributed by atoms with Crippen molar-refractivity contribution in [2.75, 3.05) is 26.2 Å². The third-order valence-electron chi connectivity index (χ3n) is 9.16. The van der Waals surface area contributed by atoms with Crippen molar-refractivity contribution in [2.45, 2.75) is 75.3 Å². The van der Waals surface area contributed by atoms with Gasteiger partial charge in [-0.1, -0.05) is 30.3 Å². The van der Waals surface area contributed by atoms with E-state index in [0.29, 0.717) is 25.4 Å². The monoisotopic (exact) mass is 584 g/mol. The van der Waals surface area contributed by atoms with E-state index in [1.807, 2.05) is 17.9 Å². The van der Waals surface area contributed by atoms with Crippen molar-refractivity contribution in [2.24, 2.45) is 11.8 Å². The molecule has 2 saturated heterocycles. The van der Waals surface area contributed by atoms with Gasteiger partial charge in [-0.25, -0.2) is 13.8 Å². The zero-order valence-corrected chi connectivity index (χ0v) is 24.0. The molecule has 1 aliphatic carbocycles. The Kier molecular flexibility index (Phi) is 9.10. The maximum Gasteiger partial charge on any atom is 0.248 e. The third-order valence-corrected chi connectivity index (χ3v) is 10.4. The molecule has 10 heteroatoms. The Morgan fingerprint density at radius 3 is 2.66 bits per heavy atom. The van der Waals surface area contributed by atoms with Gasteiger partial charge in [0.1, 0.15) is 0 Å². The fourth-order valence-electron chi connectivity index (χ4n) is 7.45. The highest BCUT2D eigenvalue weighted by Crippen LogP contribution is 2.47. The number of likely N-dealkylation sites (tertiary alicyclic amines) is 1. The number of nitrogens with zero attached hydrogens (tertiary/aromatic N) is 2. The van der Waals surface area contributed by atoms with Crippen LogP contribution < -0.4 is 35.4 Å². The van der Waals surface area contributed by atoms with Gasteiger partial charge in [0.2, 0.25) is 11.8 Å². The summed E-state index contributed by atoms with van der Waals surface area (Å²) in [7, 11) is 0. The Bertz CT molecular complexity index is 1120. The molecule has 1 aromatic heterocycles. The van der Waals surface area contributed by atoms with Gasteiger partial charge in [-0.15, -0.1) is 11.3 Å². The molecule has 5 atom stereocenters. The van der Waals surface area contributed by atoms with Crippen molar-refractivity contribution < 1.29 is 38.4 Å². The number of hydrogen-bond acceptors (Lipinski definition) is 5. The summed E-state index contributed by atoms with van der Waals surface area (Å²) in [5, 5.41) is 8.07. The molecule has 6 rings (SSSR count). The van der Waals surface area contributed by atoms with Crippen LogP contribution in [-0.2, 0) is 16.8 Å². The van der Waals surface area contributed by atoms with E-state index in [-0.39, 0.29) is 66.9 Å². The Morgan fingerprint density at radius 1 is 1.13 bits per heavy atom. The van der Waals surface area contributed by atoms with Crippen LogP contribution in [0.2, 0.25) is 0 Å². The minimum absolute atomic E-state index is 0. The molecule has 1 spiro atoms. The van der Waals surface area contributed by atoms with E-state index in [2.05, 4.69) is 34.9 Å². The number of rotatable bonds is 3. The van der Waals surface area contributed by atoms with Crippen LogP contribution in [0.25, 0.3) is 0 Å². The quantitative estimate of drug-likeness (QED) is 0.467. The van der Waals surface area contributed by atoms with Crippen LogP contribution in [0.3, 0.4) is 0 Å². The number of hydrogen-bond donors (Lipinski definition) is 2. The van der Waals surface area contributed by atoms with Gasteiger partial charge in [0.15, 0.2) is 0 Å². The van der Waals surface area contributed by atoms with Crippen LogP contribution in [0.1, 0.15) is 65.6 Å². The lowest BCUT2D eigenvalue weighted by atomic mass is 9.71. The smallest absolute Gasteiger partial charge is 0.248 e. The van der Waals surface area contributed by atoms with E-state index in [9.17, 15) is 13.6 Å². The van der Waals surface area contributed by atoms with Crippen molar-refractivity contribution >= 4 is 17.2 Å². The van der Waals surface area contributed by atoms with Gasteiger partial charge in [0.05, 0.1) is 16.6 Å². The molecule has 210 valence electrons. The predicted octanol–water partition coefficient (Wildman–Crippen LogP) is -1.38. The maximum absolute atomic E-state index is 14.6. The van der Waals surface area contributed by atoms with E-state index in [1.165, 1.54) is 10.4 Å². The van der Waals surface area contributed by atoms with Crippen molar-refractivity contribution in [3.05, 3.63) is 51.5 Å². The molecule has 4 aliphatic rings. The molecule has 0 bridgehead atoms. The van der Waals surface area contributed by atoms with Crippen LogP contribution in [0.5, 0.6) is 0 Å². The molecule has 1 saturated carbocycles. The van der Waals surface area contributed by atoms with E-state index < -0.39 is 5.92 Å². The van der Waals surface area contributed by atoms with Gasteiger partial charge in [0, 0.05) is 61.9 Å². The molecule has 0 radical (unpaired) electrons. The van der Waals surface area contributed by atoms with Crippen LogP contribution >= 0.6 is 11.3 Å². The number of piperidine rings is 1. The highest BCUT2D eigenvalue weighted by Gasteiger charge is 2.54. The molecule has 2 aromatic rings. The second kappa shape index (κ2) is 11.7. The number of fused-ring (bicyclic) bond motifs is 2. The van der Waals surface area contributed by atoms with Gasteiger partial charge in [-0.3, -0.25) is 4.79 Å². The number of nitrogens with one attached hydrogen (secondary N) is 2. The standard InChI is InChI=1S/C28H36F2N4OS.2ClH/c1-18-33-23-15-32-17-27(25(23)36-18)16-31-14-22(27)26(35)34-11-9-20(19-6-3-2-4-7-19)12-24(34)21-8-5-10-28(29,30)13-21;;/h2-4,6-7,20-22,24,31-32H,5,8-17H2,1H3;2*1H/p-2/t20-,21?,22+,24+,27+;;/m1../s1. The molecule has 5 nitrogen and oxygen atoms in total. The predicted molar refractivity (Wildman–Crippen MR) is 137 cm³/mol. The zero-order valence-electron chi connectivity index (χ0n) is 21.7. The number of amides is 1. The second-order valence-electron chi connectivity index (χ2n) is 11.4. The molecule has 3 fully saturated rings. The van der Waals surface area contributed by atoms with Crippen molar-refractivity contribution in [1.82, 2.24) is 20.5 Å². The highest BCUT2D eigenvalue weighted by molar-refractivity contribution is 7.11. The van der Waals surface area contributed by atoms with E-state index in [0.717, 1.165) is 49.6 Å². The van der Waals surface area contributed by atoms with Crippen molar-refractivity contribution in [3.8, 4) is 0 Å². The topological polar surface area (TPSA) is 57.3 Å². The summed E-state index contributed by atoms with van der Waals surface area (Å²) in [5.41, 5.74) is 2.02. The lowest BCUT2D eigenvalue weighted by Crippen LogP contribution is -3.00. The summed E-state index contributed by atoms with van der Waals surface area (Å²) >= 11 is 1.72. The first kappa shape index (κ1) is 29.7. The lowest BCUT2D eigenvalue weighted by molar-refractivity contribution is -0.145. The van der Waals surface area contributed by atoms with E-state index >= 15 is 0 Å². The van der Waals surface area contributed by atoms with Gasteiger partial charge < -0.3 is 40.3 Å². The average molecular weight is 586 g/mol. The van der Waals surface area contributed by atoms with Crippen LogP contribution in [0.4, 0.5) is 8.78 Å². The minimum atomic E-state index is -2.63. The minimum Gasteiger partial charge on any atom is -1.00 e. The molecule has 3 aliphatic heterocycles. The summed E-state index contributed by atoms with van der Waals surface area (Å²) in [6, 6.07) is 10.3.